The van der Waals surface area contributed by atoms with Gasteiger partial charge in [-0.25, -0.2) is 4.79 Å². The molecule has 1 rings (SSSR count). The summed E-state index contributed by atoms with van der Waals surface area (Å²) in [5.74, 6) is 0.901. The normalized spacial score (nSPS) is 11.1. The summed E-state index contributed by atoms with van der Waals surface area (Å²) < 4.78 is 10.8. The van der Waals surface area contributed by atoms with Crippen LogP contribution in [0, 0.1) is 3.57 Å². The predicted molar refractivity (Wildman–Crippen MR) is 67.7 cm³/mol. The third-order valence-corrected chi connectivity index (χ3v) is 2.50. The lowest BCUT2D eigenvalue weighted by Crippen LogP contribution is -2.27. The molecule has 6 nitrogen and oxygen atoms in total. The van der Waals surface area contributed by atoms with E-state index in [1.165, 1.54) is 7.11 Å². The lowest BCUT2D eigenvalue weighted by molar-refractivity contribution is 0.0635. The van der Waals surface area contributed by atoms with Crippen LogP contribution in [0.2, 0.25) is 0 Å². The number of aromatic amines is 1. The molecule has 0 aliphatic carbocycles. The molecule has 0 aliphatic heterocycles. The van der Waals surface area contributed by atoms with E-state index in [9.17, 15) is 4.79 Å². The number of ether oxygens (including phenoxy) is 2. The molecule has 2 N–H and O–H groups in total. The number of amides is 1. The van der Waals surface area contributed by atoms with E-state index in [4.69, 9.17) is 9.47 Å². The fourth-order valence-corrected chi connectivity index (χ4v) is 1.53. The second-order valence-corrected chi connectivity index (χ2v) is 5.13. The van der Waals surface area contributed by atoms with Crippen LogP contribution in [0.25, 0.3) is 0 Å². The second kappa shape index (κ2) is 4.89. The summed E-state index contributed by atoms with van der Waals surface area (Å²) in [4.78, 5) is 11.5. The summed E-state index contributed by atoms with van der Waals surface area (Å²) in [5.41, 5.74) is -0.528. The molecule has 16 heavy (non-hydrogen) atoms. The van der Waals surface area contributed by atoms with Crippen LogP contribution in [-0.2, 0) is 4.74 Å². The van der Waals surface area contributed by atoms with Crippen molar-refractivity contribution in [1.82, 2.24) is 10.2 Å². The van der Waals surface area contributed by atoms with Gasteiger partial charge in [0, 0.05) is 0 Å². The first-order valence-corrected chi connectivity index (χ1v) is 5.69. The van der Waals surface area contributed by atoms with Gasteiger partial charge in [0.15, 0.2) is 0 Å². The monoisotopic (exact) mass is 339 g/mol. The van der Waals surface area contributed by atoms with E-state index in [1.807, 2.05) is 22.6 Å². The quantitative estimate of drug-likeness (QED) is 0.811. The zero-order valence-electron chi connectivity index (χ0n) is 9.55. The Morgan fingerprint density at radius 3 is 2.56 bits per heavy atom. The molecule has 0 saturated heterocycles. The van der Waals surface area contributed by atoms with Gasteiger partial charge >= 0.3 is 6.09 Å². The van der Waals surface area contributed by atoms with E-state index in [-0.39, 0.29) is 0 Å². The van der Waals surface area contributed by atoms with Gasteiger partial charge in [-0.15, -0.1) is 5.10 Å². The number of nitrogens with zero attached hydrogens (tertiary/aromatic N) is 1. The molecule has 0 radical (unpaired) electrons. The van der Waals surface area contributed by atoms with Gasteiger partial charge in [-0.05, 0) is 43.4 Å². The average Bonchev–Trinajstić information content (AvgIpc) is 2.44. The van der Waals surface area contributed by atoms with Crippen molar-refractivity contribution in [2.24, 2.45) is 0 Å². The van der Waals surface area contributed by atoms with Crippen molar-refractivity contribution in [2.75, 3.05) is 12.4 Å². The van der Waals surface area contributed by atoms with Gasteiger partial charge in [0.05, 0.1) is 7.11 Å². The van der Waals surface area contributed by atoms with Crippen molar-refractivity contribution in [1.29, 1.82) is 0 Å². The van der Waals surface area contributed by atoms with Crippen molar-refractivity contribution >= 4 is 34.5 Å². The van der Waals surface area contributed by atoms with Gasteiger partial charge in [-0.3, -0.25) is 10.4 Å². The molecule has 0 aliphatic rings. The molecule has 1 aromatic heterocycles. The number of H-pyrrole nitrogens is 1. The molecule has 0 saturated carbocycles. The van der Waals surface area contributed by atoms with Crippen LogP contribution in [-0.4, -0.2) is 29.0 Å². The molecule has 1 amide bonds. The number of nitrogens with one attached hydrogen (secondary N) is 2. The Bertz CT molecular complexity index is 384. The summed E-state index contributed by atoms with van der Waals surface area (Å²) in [6, 6.07) is 0. The predicted octanol–water partition coefficient (Wildman–Crippen LogP) is 2.37. The molecule has 1 aromatic rings. The third-order valence-electron chi connectivity index (χ3n) is 1.50. The van der Waals surface area contributed by atoms with E-state index in [1.54, 1.807) is 20.8 Å². The number of carbonyl (C=O) groups is 1. The first kappa shape index (κ1) is 13.1. The maximum atomic E-state index is 11.5. The van der Waals surface area contributed by atoms with E-state index in [0.717, 1.165) is 0 Å². The Balaban J connectivity index is 2.67. The first-order chi connectivity index (χ1) is 7.33. The van der Waals surface area contributed by atoms with Crippen molar-refractivity contribution in [2.45, 2.75) is 26.4 Å². The fourth-order valence-electron chi connectivity index (χ4n) is 0.936. The minimum absolute atomic E-state index is 0.437. The second-order valence-electron chi connectivity index (χ2n) is 4.05. The van der Waals surface area contributed by atoms with Crippen molar-refractivity contribution < 1.29 is 14.3 Å². The lowest BCUT2D eigenvalue weighted by Gasteiger charge is -2.19. The topological polar surface area (TPSA) is 76.2 Å². The Kier molecular flexibility index (Phi) is 4.00. The lowest BCUT2D eigenvalue weighted by atomic mass is 10.2. The van der Waals surface area contributed by atoms with Crippen LogP contribution in [0.15, 0.2) is 0 Å². The fraction of sp³-hybridized carbons (Fsp3) is 0.556. The smallest absolute Gasteiger partial charge is 0.413 e. The number of aromatic nitrogens is 2. The highest BCUT2D eigenvalue weighted by molar-refractivity contribution is 14.1. The number of methoxy groups -OCH3 is 1. The molecule has 1 heterocycles. The third kappa shape index (κ3) is 3.54. The van der Waals surface area contributed by atoms with E-state index in [0.29, 0.717) is 15.3 Å². The van der Waals surface area contributed by atoms with Crippen LogP contribution < -0.4 is 10.1 Å². The van der Waals surface area contributed by atoms with Gasteiger partial charge in [-0.2, -0.15) is 0 Å². The number of rotatable bonds is 2. The van der Waals surface area contributed by atoms with E-state index < -0.39 is 11.7 Å². The zero-order valence-corrected chi connectivity index (χ0v) is 11.7. The van der Waals surface area contributed by atoms with Crippen LogP contribution in [0.1, 0.15) is 20.8 Å². The van der Waals surface area contributed by atoms with Gasteiger partial charge in [-0.1, -0.05) is 0 Å². The molecular formula is C9H14IN3O3. The van der Waals surface area contributed by atoms with Crippen LogP contribution in [0.5, 0.6) is 5.88 Å². The summed E-state index contributed by atoms with van der Waals surface area (Å²) >= 11 is 2.02. The average molecular weight is 339 g/mol. The molecule has 0 unspecified atom stereocenters. The van der Waals surface area contributed by atoms with Crippen LogP contribution in [0.4, 0.5) is 10.6 Å². The highest BCUT2D eigenvalue weighted by Gasteiger charge is 2.19. The van der Waals surface area contributed by atoms with Gasteiger partial charge in [0.25, 0.3) is 0 Å². The standard InChI is InChI=1S/C9H14IN3O3/c1-9(2,3)16-8(14)11-6-5(10)7(15-4)13-12-6/h1-4H3,(H2,11,12,13,14). The summed E-state index contributed by atoms with van der Waals surface area (Å²) in [7, 11) is 1.51. The summed E-state index contributed by atoms with van der Waals surface area (Å²) in [6.45, 7) is 5.39. The summed E-state index contributed by atoms with van der Waals surface area (Å²) in [6.07, 6.45) is -0.531. The van der Waals surface area contributed by atoms with Gasteiger partial charge in [0.2, 0.25) is 5.88 Å². The molecule has 90 valence electrons. The number of hydrogen-bond donors (Lipinski definition) is 2. The molecule has 0 spiro atoms. The minimum atomic E-state index is -0.531. The number of anilines is 1. The Morgan fingerprint density at radius 2 is 2.12 bits per heavy atom. The molecule has 0 atom stereocenters. The minimum Gasteiger partial charge on any atom is -0.479 e. The number of hydrogen-bond acceptors (Lipinski definition) is 4. The molecule has 0 fully saturated rings. The Hall–Kier alpha value is -0.990. The Morgan fingerprint density at radius 1 is 1.50 bits per heavy atom. The number of halogens is 1. The van der Waals surface area contributed by atoms with Gasteiger partial charge in [0.1, 0.15) is 15.0 Å². The van der Waals surface area contributed by atoms with Crippen molar-refractivity contribution in [3.8, 4) is 5.88 Å². The van der Waals surface area contributed by atoms with Crippen LogP contribution >= 0.6 is 22.6 Å². The first-order valence-electron chi connectivity index (χ1n) is 4.61. The molecule has 0 aromatic carbocycles. The highest BCUT2D eigenvalue weighted by Crippen LogP contribution is 2.25. The van der Waals surface area contributed by atoms with Crippen LogP contribution in [0.3, 0.4) is 0 Å². The Labute approximate surface area is 107 Å². The molecule has 7 heteroatoms. The zero-order chi connectivity index (χ0) is 12.3. The highest BCUT2D eigenvalue weighted by atomic mass is 127. The van der Waals surface area contributed by atoms with E-state index >= 15 is 0 Å². The van der Waals surface area contributed by atoms with E-state index in [2.05, 4.69) is 15.5 Å². The SMILES string of the molecule is COc1n[nH]c(NC(=O)OC(C)(C)C)c1I. The largest absolute Gasteiger partial charge is 0.479 e. The maximum Gasteiger partial charge on any atom is 0.413 e. The van der Waals surface area contributed by atoms with Crippen molar-refractivity contribution in [3.05, 3.63) is 3.57 Å². The summed E-state index contributed by atoms with van der Waals surface area (Å²) in [5, 5.41) is 9.06. The molecule has 0 bridgehead atoms. The molecular weight excluding hydrogens is 325 g/mol. The number of carbonyl (C=O) groups excluding carboxylic acids is 1. The van der Waals surface area contributed by atoms with Gasteiger partial charge < -0.3 is 9.47 Å². The van der Waals surface area contributed by atoms with Crippen molar-refractivity contribution in [3.63, 3.8) is 0 Å². The maximum absolute atomic E-state index is 11.5.